The number of rotatable bonds is 3. The lowest BCUT2D eigenvalue weighted by molar-refractivity contribution is -0.353. The molecule has 2 saturated carbocycles. The molecular formula is C24H38O7. The number of fused-ring (bicyclic) bond motifs is 3. The van der Waals surface area contributed by atoms with E-state index in [-0.39, 0.29) is 11.3 Å². The van der Waals surface area contributed by atoms with Crippen LogP contribution in [0.1, 0.15) is 67.7 Å². The SMILES string of the molecule is C=C[C@@]1(C)C[C@@H](O)[C@@H]2[C@](C)(O1)[C@@H](O)[C@@H](OC(C)=O)[C@H]1C(C)(C)CC[C@@H](OC(C)=O)[C@]21C. The normalized spacial score (nSPS) is 48.7. The minimum absolute atomic E-state index is 0.303. The molecule has 0 unspecified atom stereocenters. The minimum Gasteiger partial charge on any atom is -0.462 e. The second-order valence-electron chi connectivity index (χ2n) is 11.0. The molecule has 3 aliphatic rings. The van der Waals surface area contributed by atoms with Gasteiger partial charge in [0.25, 0.3) is 0 Å². The van der Waals surface area contributed by atoms with Gasteiger partial charge in [0.05, 0.1) is 11.7 Å². The highest BCUT2D eigenvalue weighted by Crippen LogP contribution is 2.66. The predicted molar refractivity (Wildman–Crippen MR) is 114 cm³/mol. The Morgan fingerprint density at radius 3 is 2.13 bits per heavy atom. The molecule has 0 spiro atoms. The van der Waals surface area contributed by atoms with Crippen LogP contribution in [0, 0.1) is 22.7 Å². The molecule has 2 aliphatic carbocycles. The van der Waals surface area contributed by atoms with E-state index in [0.717, 1.165) is 6.42 Å². The van der Waals surface area contributed by atoms with Crippen molar-refractivity contribution in [1.29, 1.82) is 0 Å². The van der Waals surface area contributed by atoms with E-state index in [1.165, 1.54) is 13.8 Å². The Morgan fingerprint density at radius 2 is 1.61 bits per heavy atom. The first-order valence-electron chi connectivity index (χ1n) is 11.2. The van der Waals surface area contributed by atoms with Crippen LogP contribution >= 0.6 is 0 Å². The summed E-state index contributed by atoms with van der Waals surface area (Å²) in [6.45, 7) is 16.3. The van der Waals surface area contributed by atoms with Crippen molar-refractivity contribution in [2.45, 2.75) is 103 Å². The second kappa shape index (κ2) is 7.56. The van der Waals surface area contributed by atoms with Gasteiger partial charge in [-0.15, -0.1) is 6.58 Å². The van der Waals surface area contributed by atoms with E-state index in [1.54, 1.807) is 13.0 Å². The van der Waals surface area contributed by atoms with E-state index in [0.29, 0.717) is 12.8 Å². The zero-order chi connectivity index (χ0) is 23.6. The predicted octanol–water partition coefficient (Wildman–Crippen LogP) is 2.77. The third kappa shape index (κ3) is 3.62. The van der Waals surface area contributed by atoms with Crippen LogP contribution in [0.4, 0.5) is 0 Å². The van der Waals surface area contributed by atoms with E-state index in [9.17, 15) is 19.8 Å². The van der Waals surface area contributed by atoms with Crippen LogP contribution in [0.2, 0.25) is 0 Å². The molecule has 0 aromatic carbocycles. The van der Waals surface area contributed by atoms with Gasteiger partial charge in [0.2, 0.25) is 0 Å². The summed E-state index contributed by atoms with van der Waals surface area (Å²) in [5.74, 6) is -1.81. The largest absolute Gasteiger partial charge is 0.462 e. The van der Waals surface area contributed by atoms with Crippen molar-refractivity contribution in [3.05, 3.63) is 12.7 Å². The van der Waals surface area contributed by atoms with Crippen molar-refractivity contribution in [2.24, 2.45) is 22.7 Å². The molecule has 3 fully saturated rings. The van der Waals surface area contributed by atoms with E-state index >= 15 is 0 Å². The van der Waals surface area contributed by atoms with Crippen LogP contribution in [0.5, 0.6) is 0 Å². The Labute approximate surface area is 185 Å². The number of carbonyl (C=O) groups excluding carboxylic acids is 2. The number of ether oxygens (including phenoxy) is 3. The fourth-order valence-corrected chi connectivity index (χ4v) is 7.35. The molecule has 1 aliphatic heterocycles. The molecule has 9 atom stereocenters. The first-order valence-corrected chi connectivity index (χ1v) is 11.2. The van der Waals surface area contributed by atoms with Crippen LogP contribution in [0.3, 0.4) is 0 Å². The quantitative estimate of drug-likeness (QED) is 0.516. The van der Waals surface area contributed by atoms with Crippen molar-refractivity contribution >= 4 is 11.9 Å². The van der Waals surface area contributed by atoms with Crippen molar-refractivity contribution < 1.29 is 34.0 Å². The van der Waals surface area contributed by atoms with Crippen LogP contribution in [-0.2, 0) is 23.8 Å². The lowest BCUT2D eigenvalue weighted by Crippen LogP contribution is -2.78. The maximum Gasteiger partial charge on any atom is 0.303 e. The van der Waals surface area contributed by atoms with Gasteiger partial charge in [0, 0.05) is 37.5 Å². The molecule has 0 radical (unpaired) electrons. The van der Waals surface area contributed by atoms with Gasteiger partial charge in [0.15, 0.2) is 0 Å². The first kappa shape index (κ1) is 24.2. The number of aliphatic hydroxyl groups excluding tert-OH is 2. The fourth-order valence-electron chi connectivity index (χ4n) is 7.35. The number of hydrogen-bond acceptors (Lipinski definition) is 7. The number of esters is 2. The topological polar surface area (TPSA) is 102 Å². The summed E-state index contributed by atoms with van der Waals surface area (Å²) in [5, 5.41) is 23.1. The molecule has 7 heteroatoms. The smallest absolute Gasteiger partial charge is 0.303 e. The van der Waals surface area contributed by atoms with Gasteiger partial charge in [0.1, 0.15) is 23.9 Å². The summed E-state index contributed by atoms with van der Waals surface area (Å²) in [4.78, 5) is 24.1. The standard InChI is InChI=1S/C24H38O7/c1-9-22(6)12-15(27)18-23(7)16(29-13(2)25)10-11-21(4,5)19(23)17(30-14(3)26)20(28)24(18,8)31-22/h9,15-20,27-28H,1,10-12H2,2-8H3/t15-,16-,17+,18+,19+,20+,22+,23-,24+/m1/s1. The Bertz CT molecular complexity index is 763. The van der Waals surface area contributed by atoms with Crippen molar-refractivity contribution in [1.82, 2.24) is 0 Å². The Balaban J connectivity index is 2.25. The Morgan fingerprint density at radius 1 is 1.03 bits per heavy atom. The molecule has 176 valence electrons. The summed E-state index contributed by atoms with van der Waals surface area (Å²) in [5.41, 5.74) is -3.26. The lowest BCUT2D eigenvalue weighted by atomic mass is 9.41. The molecule has 2 N–H and O–H groups in total. The zero-order valence-corrected chi connectivity index (χ0v) is 19.8. The van der Waals surface area contributed by atoms with Gasteiger partial charge in [-0.25, -0.2) is 0 Å². The van der Waals surface area contributed by atoms with Gasteiger partial charge < -0.3 is 24.4 Å². The average molecular weight is 439 g/mol. The van der Waals surface area contributed by atoms with E-state index in [2.05, 4.69) is 20.4 Å². The molecule has 1 saturated heterocycles. The van der Waals surface area contributed by atoms with Crippen LogP contribution in [0.15, 0.2) is 12.7 Å². The number of carbonyl (C=O) groups is 2. The summed E-state index contributed by atoms with van der Waals surface area (Å²) >= 11 is 0. The van der Waals surface area contributed by atoms with Gasteiger partial charge in [-0.05, 0) is 32.1 Å². The van der Waals surface area contributed by atoms with Gasteiger partial charge >= 0.3 is 11.9 Å². The average Bonchev–Trinajstić information content (AvgIpc) is 2.60. The highest BCUT2D eigenvalue weighted by Gasteiger charge is 2.74. The summed E-state index contributed by atoms with van der Waals surface area (Å²) in [6.07, 6.45) is -0.134. The van der Waals surface area contributed by atoms with Crippen molar-refractivity contribution in [2.75, 3.05) is 0 Å². The van der Waals surface area contributed by atoms with Crippen molar-refractivity contribution in [3.63, 3.8) is 0 Å². The molecular weight excluding hydrogens is 400 g/mol. The van der Waals surface area contributed by atoms with Crippen LogP contribution in [0.25, 0.3) is 0 Å². The first-order chi connectivity index (χ1) is 14.1. The van der Waals surface area contributed by atoms with Crippen LogP contribution in [-0.4, -0.2) is 57.8 Å². The van der Waals surface area contributed by atoms with Crippen LogP contribution < -0.4 is 0 Å². The van der Waals surface area contributed by atoms with E-state index in [4.69, 9.17) is 14.2 Å². The minimum atomic E-state index is -1.25. The summed E-state index contributed by atoms with van der Waals surface area (Å²) in [6, 6.07) is 0. The molecule has 31 heavy (non-hydrogen) atoms. The fraction of sp³-hybridized carbons (Fsp3) is 0.833. The van der Waals surface area contributed by atoms with Crippen molar-refractivity contribution in [3.8, 4) is 0 Å². The third-order valence-corrected chi connectivity index (χ3v) is 8.27. The Hall–Kier alpha value is -1.44. The monoisotopic (exact) mass is 438 g/mol. The molecule has 3 rings (SSSR count). The third-order valence-electron chi connectivity index (χ3n) is 8.27. The maximum absolute atomic E-state index is 12.1. The van der Waals surface area contributed by atoms with E-state index < -0.39 is 58.9 Å². The molecule has 0 bridgehead atoms. The van der Waals surface area contributed by atoms with Gasteiger partial charge in [-0.3, -0.25) is 9.59 Å². The lowest BCUT2D eigenvalue weighted by Gasteiger charge is -2.69. The van der Waals surface area contributed by atoms with E-state index in [1.807, 2.05) is 13.8 Å². The molecule has 0 aromatic rings. The molecule has 0 aromatic heterocycles. The number of aliphatic hydroxyl groups is 2. The number of hydrogen-bond donors (Lipinski definition) is 2. The summed E-state index contributed by atoms with van der Waals surface area (Å²) < 4.78 is 18.1. The zero-order valence-electron chi connectivity index (χ0n) is 19.8. The Kier molecular flexibility index (Phi) is 5.91. The highest BCUT2D eigenvalue weighted by atomic mass is 16.6. The second-order valence-corrected chi connectivity index (χ2v) is 11.0. The summed E-state index contributed by atoms with van der Waals surface area (Å²) in [7, 11) is 0. The van der Waals surface area contributed by atoms with Gasteiger partial charge in [-0.2, -0.15) is 0 Å². The highest BCUT2D eigenvalue weighted by molar-refractivity contribution is 5.67. The maximum atomic E-state index is 12.1. The molecule has 7 nitrogen and oxygen atoms in total. The molecule has 1 heterocycles. The van der Waals surface area contributed by atoms with Gasteiger partial charge in [-0.1, -0.05) is 26.8 Å². The molecule has 0 amide bonds.